The number of hydrogen-bond acceptors (Lipinski definition) is 1. The molecule has 1 aromatic rings. The van der Waals surface area contributed by atoms with E-state index in [2.05, 4.69) is 38.1 Å². The van der Waals surface area contributed by atoms with Gasteiger partial charge in [-0.25, -0.2) is 0 Å². The van der Waals surface area contributed by atoms with Gasteiger partial charge in [-0.05, 0) is 60.6 Å². The summed E-state index contributed by atoms with van der Waals surface area (Å²) in [5, 5.41) is 0. The Bertz CT molecular complexity index is 534. The summed E-state index contributed by atoms with van der Waals surface area (Å²) in [5.74, 6) is 4.95. The summed E-state index contributed by atoms with van der Waals surface area (Å²) in [7, 11) is 0. The van der Waals surface area contributed by atoms with Gasteiger partial charge in [0, 0.05) is 0 Å². The van der Waals surface area contributed by atoms with Gasteiger partial charge in [-0.15, -0.1) is 0 Å². The van der Waals surface area contributed by atoms with Crippen molar-refractivity contribution >= 4 is 0 Å². The van der Waals surface area contributed by atoms with E-state index in [0.29, 0.717) is 0 Å². The molecule has 0 bridgehead atoms. The molecule has 2 fully saturated rings. The largest absolute Gasteiger partial charge is 0.494 e. The van der Waals surface area contributed by atoms with Crippen LogP contribution in [0.2, 0.25) is 0 Å². The molecule has 0 spiro atoms. The summed E-state index contributed by atoms with van der Waals surface area (Å²) in [5.41, 5.74) is 1.52. The van der Waals surface area contributed by atoms with E-state index < -0.39 is 0 Å². The predicted octanol–water partition coefficient (Wildman–Crippen LogP) is 8.60. The second kappa shape index (κ2) is 12.7. The van der Waals surface area contributed by atoms with Crippen LogP contribution in [0.5, 0.6) is 5.75 Å². The van der Waals surface area contributed by atoms with Crippen LogP contribution in [0.25, 0.3) is 0 Å². The van der Waals surface area contributed by atoms with Gasteiger partial charge < -0.3 is 4.74 Å². The van der Waals surface area contributed by atoms with Crippen molar-refractivity contribution in [2.24, 2.45) is 23.7 Å². The first kappa shape index (κ1) is 22.7. The Hall–Kier alpha value is -0.980. The minimum Gasteiger partial charge on any atom is -0.494 e. The minimum atomic E-state index is 0.824. The molecule has 2 saturated carbocycles. The first-order chi connectivity index (χ1) is 14.3. The fraction of sp³-hybridized carbons (Fsp3) is 0.786. The van der Waals surface area contributed by atoms with Crippen LogP contribution in [0.4, 0.5) is 0 Å². The molecule has 164 valence electrons. The van der Waals surface area contributed by atoms with Crippen LogP contribution >= 0.6 is 0 Å². The predicted molar refractivity (Wildman–Crippen MR) is 126 cm³/mol. The number of ether oxygens (including phenoxy) is 1. The van der Waals surface area contributed by atoms with Crippen LogP contribution in [0.3, 0.4) is 0 Å². The van der Waals surface area contributed by atoms with Crippen LogP contribution < -0.4 is 4.74 Å². The molecule has 0 N–H and O–H groups in total. The van der Waals surface area contributed by atoms with E-state index in [9.17, 15) is 0 Å². The molecular formula is C28H46O. The number of benzene rings is 1. The highest BCUT2D eigenvalue weighted by atomic mass is 16.5. The highest BCUT2D eigenvalue weighted by molar-refractivity contribution is 5.27. The number of rotatable bonds is 11. The third-order valence-corrected chi connectivity index (χ3v) is 7.82. The van der Waals surface area contributed by atoms with Crippen molar-refractivity contribution < 1.29 is 4.74 Å². The van der Waals surface area contributed by atoms with Crippen LogP contribution in [-0.2, 0) is 6.42 Å². The molecule has 29 heavy (non-hydrogen) atoms. The van der Waals surface area contributed by atoms with Crippen LogP contribution in [0.1, 0.15) is 109 Å². The second-order valence-corrected chi connectivity index (χ2v) is 10.1. The molecule has 1 heteroatoms. The summed E-state index contributed by atoms with van der Waals surface area (Å²) in [6.07, 6.45) is 21.5. The summed E-state index contributed by atoms with van der Waals surface area (Å²) in [6.45, 7) is 5.34. The van der Waals surface area contributed by atoms with E-state index in [1.54, 1.807) is 0 Å². The maximum Gasteiger partial charge on any atom is 0.119 e. The zero-order chi connectivity index (χ0) is 20.3. The van der Waals surface area contributed by atoms with Crippen molar-refractivity contribution in [3.05, 3.63) is 29.8 Å². The Morgan fingerprint density at radius 1 is 0.793 bits per heavy atom. The molecule has 0 heterocycles. The summed E-state index contributed by atoms with van der Waals surface area (Å²) >= 11 is 0. The molecule has 1 nitrogen and oxygen atoms in total. The molecule has 0 aromatic heterocycles. The Morgan fingerprint density at radius 3 is 2.07 bits per heavy atom. The Morgan fingerprint density at radius 2 is 1.45 bits per heavy atom. The zero-order valence-electron chi connectivity index (χ0n) is 19.3. The maximum atomic E-state index is 5.78. The van der Waals surface area contributed by atoms with E-state index >= 15 is 0 Å². The summed E-state index contributed by atoms with van der Waals surface area (Å²) in [4.78, 5) is 0. The van der Waals surface area contributed by atoms with E-state index in [-0.39, 0.29) is 0 Å². The lowest BCUT2D eigenvalue weighted by Gasteiger charge is -2.33. The smallest absolute Gasteiger partial charge is 0.119 e. The quantitative estimate of drug-likeness (QED) is 0.362. The average molecular weight is 399 g/mol. The normalized spacial score (nSPS) is 24.3. The summed E-state index contributed by atoms with van der Waals surface area (Å²) < 4.78 is 5.78. The van der Waals surface area contributed by atoms with Crippen molar-refractivity contribution in [1.82, 2.24) is 0 Å². The van der Waals surface area contributed by atoms with Gasteiger partial charge in [0.2, 0.25) is 0 Å². The van der Waals surface area contributed by atoms with Crippen molar-refractivity contribution in [1.29, 1.82) is 0 Å². The molecule has 0 amide bonds. The van der Waals surface area contributed by atoms with E-state index in [0.717, 1.165) is 42.4 Å². The highest BCUT2D eigenvalue weighted by Gasteiger charge is 2.26. The lowest BCUT2D eigenvalue weighted by Crippen LogP contribution is -2.22. The third kappa shape index (κ3) is 7.65. The maximum absolute atomic E-state index is 5.78. The monoisotopic (exact) mass is 398 g/mol. The minimum absolute atomic E-state index is 0.824. The fourth-order valence-corrected chi connectivity index (χ4v) is 6.02. The van der Waals surface area contributed by atoms with Gasteiger partial charge >= 0.3 is 0 Å². The van der Waals surface area contributed by atoms with Crippen LogP contribution in [0, 0.1) is 23.7 Å². The highest BCUT2D eigenvalue weighted by Crippen LogP contribution is 2.39. The molecule has 0 radical (unpaired) electrons. The zero-order valence-corrected chi connectivity index (χ0v) is 19.3. The van der Waals surface area contributed by atoms with Gasteiger partial charge in [0.15, 0.2) is 0 Å². The first-order valence-corrected chi connectivity index (χ1v) is 13.0. The van der Waals surface area contributed by atoms with Gasteiger partial charge in [-0.3, -0.25) is 0 Å². The van der Waals surface area contributed by atoms with Crippen molar-refractivity contribution in [3.63, 3.8) is 0 Å². The van der Waals surface area contributed by atoms with Crippen molar-refractivity contribution in [2.75, 3.05) is 6.61 Å². The van der Waals surface area contributed by atoms with Gasteiger partial charge in [-0.2, -0.15) is 0 Å². The third-order valence-electron chi connectivity index (χ3n) is 7.82. The molecule has 1 atom stereocenters. The Balaban J connectivity index is 1.52. The lowest BCUT2D eigenvalue weighted by molar-refractivity contribution is 0.197. The molecule has 2 aliphatic rings. The SMILES string of the molecule is CCCOc1ccc(CC(CCC2CCC(CCC)CC2)C2CCCCC2)cc1. The van der Waals surface area contributed by atoms with Crippen LogP contribution in [0.15, 0.2) is 24.3 Å². The van der Waals surface area contributed by atoms with Gasteiger partial charge in [0.25, 0.3) is 0 Å². The van der Waals surface area contributed by atoms with E-state index in [1.165, 1.54) is 95.5 Å². The fourth-order valence-electron chi connectivity index (χ4n) is 6.02. The van der Waals surface area contributed by atoms with Crippen molar-refractivity contribution in [3.8, 4) is 5.75 Å². The molecule has 1 unspecified atom stereocenters. The van der Waals surface area contributed by atoms with Gasteiger partial charge in [0.1, 0.15) is 5.75 Å². The van der Waals surface area contributed by atoms with Gasteiger partial charge in [0.05, 0.1) is 6.61 Å². The number of hydrogen-bond donors (Lipinski definition) is 0. The van der Waals surface area contributed by atoms with E-state index in [1.807, 2.05) is 0 Å². The van der Waals surface area contributed by atoms with Gasteiger partial charge in [-0.1, -0.05) is 103 Å². The Labute approximate surface area is 181 Å². The second-order valence-electron chi connectivity index (χ2n) is 10.1. The standard InChI is InChI=1S/C28H46O/c1-3-8-23-11-13-24(14-12-23)15-18-27(26-9-6-5-7-10-26)22-25-16-19-28(20-17-25)29-21-4-2/h16-17,19-20,23-24,26-27H,3-15,18,21-22H2,1-2H3. The molecule has 0 saturated heterocycles. The van der Waals surface area contributed by atoms with Crippen molar-refractivity contribution in [2.45, 2.75) is 110 Å². The molecule has 3 rings (SSSR count). The molecule has 2 aliphatic carbocycles. The summed E-state index contributed by atoms with van der Waals surface area (Å²) in [6, 6.07) is 9.05. The molecule has 1 aromatic carbocycles. The average Bonchev–Trinajstić information content (AvgIpc) is 2.78. The van der Waals surface area contributed by atoms with Crippen LogP contribution in [-0.4, -0.2) is 6.61 Å². The Kier molecular flexibility index (Phi) is 9.91. The topological polar surface area (TPSA) is 9.23 Å². The first-order valence-electron chi connectivity index (χ1n) is 13.0. The lowest BCUT2D eigenvalue weighted by atomic mass is 9.72. The molecule has 0 aliphatic heterocycles. The van der Waals surface area contributed by atoms with E-state index in [4.69, 9.17) is 4.74 Å². The molecular weight excluding hydrogens is 352 g/mol.